The molecular formula is C26H36ClN3O4S. The molecule has 0 saturated carbocycles. The molecule has 0 aliphatic carbocycles. The molecule has 9 heteroatoms. The summed E-state index contributed by atoms with van der Waals surface area (Å²) < 4.78 is 26.5. The number of hydrogen-bond donors (Lipinski definition) is 1. The van der Waals surface area contributed by atoms with Crippen molar-refractivity contribution >= 4 is 39.1 Å². The summed E-state index contributed by atoms with van der Waals surface area (Å²) in [6.45, 7) is 7.35. The third-order valence-corrected chi connectivity index (χ3v) is 7.34. The Morgan fingerprint density at radius 2 is 1.71 bits per heavy atom. The molecule has 192 valence electrons. The molecule has 0 bridgehead atoms. The van der Waals surface area contributed by atoms with E-state index in [0.29, 0.717) is 29.1 Å². The van der Waals surface area contributed by atoms with Crippen molar-refractivity contribution in [3.8, 4) is 0 Å². The number of nitrogens with zero attached hydrogens (tertiary/aromatic N) is 2. The van der Waals surface area contributed by atoms with E-state index in [1.165, 1.54) is 4.90 Å². The smallest absolute Gasteiger partial charge is 0.244 e. The highest BCUT2D eigenvalue weighted by molar-refractivity contribution is 7.92. The molecule has 0 aliphatic rings. The summed E-state index contributed by atoms with van der Waals surface area (Å²) in [5.74, 6) is -0.677. The van der Waals surface area contributed by atoms with E-state index in [1.54, 1.807) is 25.1 Å². The first-order valence-corrected chi connectivity index (χ1v) is 14.1. The van der Waals surface area contributed by atoms with E-state index in [4.69, 9.17) is 11.6 Å². The van der Waals surface area contributed by atoms with Crippen LogP contribution >= 0.6 is 11.6 Å². The van der Waals surface area contributed by atoms with Gasteiger partial charge in [0.1, 0.15) is 12.6 Å². The number of hydrogen-bond acceptors (Lipinski definition) is 4. The van der Waals surface area contributed by atoms with Crippen LogP contribution in [0.4, 0.5) is 5.69 Å². The number of aryl methyl sites for hydroxylation is 1. The number of sulfonamides is 1. The first kappa shape index (κ1) is 28.7. The number of carbonyl (C=O) groups is 2. The zero-order valence-electron chi connectivity index (χ0n) is 21.1. The van der Waals surface area contributed by atoms with Crippen LogP contribution in [0.15, 0.2) is 48.5 Å². The molecule has 0 aliphatic heterocycles. The Bertz CT molecular complexity index is 1110. The number of amides is 2. The van der Waals surface area contributed by atoms with E-state index in [1.807, 2.05) is 51.1 Å². The lowest BCUT2D eigenvalue weighted by molar-refractivity contribution is -0.139. The third-order valence-electron chi connectivity index (χ3n) is 5.98. The summed E-state index contributed by atoms with van der Waals surface area (Å²) in [6.07, 6.45) is 2.77. The maximum Gasteiger partial charge on any atom is 0.244 e. The van der Waals surface area contributed by atoms with E-state index in [2.05, 4.69) is 5.32 Å². The molecule has 0 fully saturated rings. The Morgan fingerprint density at radius 1 is 1.06 bits per heavy atom. The van der Waals surface area contributed by atoms with Gasteiger partial charge in [-0.2, -0.15) is 0 Å². The average Bonchev–Trinajstić information content (AvgIpc) is 2.80. The molecule has 0 saturated heterocycles. The van der Waals surface area contributed by atoms with Crippen LogP contribution in [0.25, 0.3) is 0 Å². The van der Waals surface area contributed by atoms with Gasteiger partial charge in [-0.1, -0.05) is 55.8 Å². The van der Waals surface area contributed by atoms with E-state index in [-0.39, 0.29) is 18.5 Å². The number of halogens is 1. The minimum absolute atomic E-state index is 0.0353. The van der Waals surface area contributed by atoms with Crippen LogP contribution in [-0.4, -0.2) is 56.6 Å². The molecule has 2 unspecified atom stereocenters. The van der Waals surface area contributed by atoms with Crippen LogP contribution in [0.1, 0.15) is 44.7 Å². The van der Waals surface area contributed by atoms with Gasteiger partial charge in [0.15, 0.2) is 0 Å². The van der Waals surface area contributed by atoms with Gasteiger partial charge in [0.25, 0.3) is 0 Å². The van der Waals surface area contributed by atoms with Crippen LogP contribution in [0, 0.1) is 6.92 Å². The van der Waals surface area contributed by atoms with Crippen LogP contribution < -0.4 is 9.62 Å². The molecule has 7 nitrogen and oxygen atoms in total. The standard InChI is InChI=1S/C26H36ClN3O4S/c1-6-20(4)28-26(32)23(7-2)29(16-15-21-11-9-8-10-12-21)25(31)18-30(35(5,33)34)24-14-13-22(27)17-19(24)3/h8-14,17,20,23H,6-7,15-16,18H2,1-5H3,(H,28,32). The van der Waals surface area contributed by atoms with E-state index in [0.717, 1.165) is 22.5 Å². The van der Waals surface area contributed by atoms with Gasteiger partial charge < -0.3 is 10.2 Å². The largest absolute Gasteiger partial charge is 0.352 e. The zero-order valence-corrected chi connectivity index (χ0v) is 22.7. The molecule has 2 rings (SSSR count). The van der Waals surface area contributed by atoms with Crippen LogP contribution in [0.3, 0.4) is 0 Å². The number of benzene rings is 2. The molecule has 2 aromatic carbocycles. The van der Waals surface area contributed by atoms with Crippen molar-refractivity contribution in [2.45, 2.75) is 59.0 Å². The van der Waals surface area contributed by atoms with Crippen molar-refractivity contribution in [3.05, 3.63) is 64.7 Å². The number of rotatable bonds is 12. The number of anilines is 1. The Labute approximate surface area is 214 Å². The molecule has 1 N–H and O–H groups in total. The van der Waals surface area contributed by atoms with E-state index < -0.39 is 28.5 Å². The summed E-state index contributed by atoms with van der Waals surface area (Å²) in [5.41, 5.74) is 2.04. The van der Waals surface area contributed by atoms with Crippen molar-refractivity contribution in [1.82, 2.24) is 10.2 Å². The van der Waals surface area contributed by atoms with Gasteiger partial charge in [0, 0.05) is 17.6 Å². The lowest BCUT2D eigenvalue weighted by Gasteiger charge is -2.33. The second-order valence-corrected chi connectivity index (χ2v) is 11.1. The van der Waals surface area contributed by atoms with Crippen molar-refractivity contribution in [3.63, 3.8) is 0 Å². The van der Waals surface area contributed by atoms with Gasteiger partial charge in [-0.25, -0.2) is 8.42 Å². The third kappa shape index (κ3) is 8.25. The summed E-state index contributed by atoms with van der Waals surface area (Å²) in [6, 6.07) is 13.8. The highest BCUT2D eigenvalue weighted by atomic mass is 35.5. The Morgan fingerprint density at radius 3 is 2.26 bits per heavy atom. The van der Waals surface area contributed by atoms with Gasteiger partial charge in [-0.15, -0.1) is 0 Å². The van der Waals surface area contributed by atoms with Crippen molar-refractivity contribution in [2.75, 3.05) is 23.7 Å². The minimum Gasteiger partial charge on any atom is -0.352 e. The van der Waals surface area contributed by atoms with Crippen LogP contribution in [0.2, 0.25) is 5.02 Å². The van der Waals surface area contributed by atoms with Gasteiger partial charge in [-0.05, 0) is 62.4 Å². The quantitative estimate of drug-likeness (QED) is 0.454. The second-order valence-electron chi connectivity index (χ2n) is 8.77. The number of carbonyl (C=O) groups excluding carboxylic acids is 2. The van der Waals surface area contributed by atoms with Crippen LogP contribution in [-0.2, 0) is 26.0 Å². The Hall–Kier alpha value is -2.58. The molecule has 35 heavy (non-hydrogen) atoms. The first-order chi connectivity index (χ1) is 16.5. The average molecular weight is 522 g/mol. The van der Waals surface area contributed by atoms with E-state index in [9.17, 15) is 18.0 Å². The van der Waals surface area contributed by atoms with Gasteiger partial charge in [-0.3, -0.25) is 13.9 Å². The lowest BCUT2D eigenvalue weighted by Crippen LogP contribution is -2.54. The Kier molecular flexibility index (Phi) is 10.6. The van der Waals surface area contributed by atoms with Gasteiger partial charge >= 0.3 is 0 Å². The molecular weight excluding hydrogens is 486 g/mol. The Balaban J connectivity index is 2.39. The normalized spacial score (nSPS) is 13.1. The fraction of sp³-hybridized carbons (Fsp3) is 0.462. The molecule has 0 radical (unpaired) electrons. The topological polar surface area (TPSA) is 86.8 Å². The maximum absolute atomic E-state index is 13.6. The van der Waals surface area contributed by atoms with Crippen molar-refractivity contribution in [2.24, 2.45) is 0 Å². The van der Waals surface area contributed by atoms with Crippen molar-refractivity contribution < 1.29 is 18.0 Å². The first-order valence-electron chi connectivity index (χ1n) is 11.9. The minimum atomic E-state index is -3.78. The molecule has 2 atom stereocenters. The fourth-order valence-electron chi connectivity index (χ4n) is 3.83. The summed E-state index contributed by atoms with van der Waals surface area (Å²) >= 11 is 6.05. The maximum atomic E-state index is 13.6. The monoisotopic (exact) mass is 521 g/mol. The highest BCUT2D eigenvalue weighted by Gasteiger charge is 2.32. The van der Waals surface area contributed by atoms with Crippen LogP contribution in [0.5, 0.6) is 0 Å². The predicted molar refractivity (Wildman–Crippen MR) is 142 cm³/mol. The molecule has 0 heterocycles. The SMILES string of the molecule is CCC(C)NC(=O)C(CC)N(CCc1ccccc1)C(=O)CN(c1ccc(Cl)cc1C)S(C)(=O)=O. The highest BCUT2D eigenvalue weighted by Crippen LogP contribution is 2.26. The molecule has 0 aromatic heterocycles. The second kappa shape index (κ2) is 12.9. The molecule has 0 spiro atoms. The molecule has 2 amide bonds. The fourth-order valence-corrected chi connectivity index (χ4v) is 4.96. The van der Waals surface area contributed by atoms with Crippen molar-refractivity contribution in [1.29, 1.82) is 0 Å². The predicted octanol–water partition coefficient (Wildman–Crippen LogP) is 4.18. The molecule has 2 aromatic rings. The summed E-state index contributed by atoms with van der Waals surface area (Å²) in [7, 11) is -3.78. The number of nitrogens with one attached hydrogen (secondary N) is 1. The zero-order chi connectivity index (χ0) is 26.2. The summed E-state index contributed by atoms with van der Waals surface area (Å²) in [4.78, 5) is 28.2. The van der Waals surface area contributed by atoms with Gasteiger partial charge in [0.2, 0.25) is 21.8 Å². The lowest BCUT2D eigenvalue weighted by atomic mass is 10.1. The summed E-state index contributed by atoms with van der Waals surface area (Å²) in [5, 5.41) is 3.44. The van der Waals surface area contributed by atoms with Gasteiger partial charge in [0.05, 0.1) is 11.9 Å². The van der Waals surface area contributed by atoms with E-state index >= 15 is 0 Å².